The van der Waals surface area contributed by atoms with E-state index in [9.17, 15) is 4.79 Å². The maximum Gasteiger partial charge on any atom is 0.175 e. The second kappa shape index (κ2) is 5.81. The largest absolute Gasteiger partial charge is 0.293 e. The molecule has 0 unspecified atom stereocenters. The molecule has 2 rings (SSSR count). The molecule has 17 heavy (non-hydrogen) atoms. The number of carbonyl (C=O) groups excluding carboxylic acids is 1. The van der Waals surface area contributed by atoms with Crippen LogP contribution in [0.5, 0.6) is 0 Å². The van der Waals surface area contributed by atoms with E-state index in [1.807, 2.05) is 0 Å². The minimum Gasteiger partial charge on any atom is -0.293 e. The summed E-state index contributed by atoms with van der Waals surface area (Å²) in [6.07, 6.45) is 8.25. The first-order valence-electron chi connectivity index (χ1n) is 6.92. The van der Waals surface area contributed by atoms with Crippen LogP contribution in [-0.2, 0) is 12.8 Å². The first-order chi connectivity index (χ1) is 8.26. The van der Waals surface area contributed by atoms with E-state index in [1.54, 1.807) is 11.3 Å². The topological polar surface area (TPSA) is 17.1 Å². The summed E-state index contributed by atoms with van der Waals surface area (Å²) in [6, 6.07) is 2.19. The van der Waals surface area contributed by atoms with Crippen molar-refractivity contribution >= 4 is 17.1 Å². The van der Waals surface area contributed by atoms with E-state index in [0.29, 0.717) is 5.78 Å². The van der Waals surface area contributed by atoms with E-state index >= 15 is 0 Å². The molecule has 1 aliphatic carbocycles. The van der Waals surface area contributed by atoms with E-state index in [0.717, 1.165) is 17.7 Å². The smallest absolute Gasteiger partial charge is 0.175 e. The monoisotopic (exact) mass is 250 g/mol. The lowest BCUT2D eigenvalue weighted by atomic mass is 9.96. The molecule has 0 radical (unpaired) electrons. The number of rotatable bonds is 4. The molecule has 0 saturated carbocycles. The van der Waals surface area contributed by atoms with E-state index in [2.05, 4.69) is 19.9 Å². The predicted molar refractivity (Wildman–Crippen MR) is 74.0 cm³/mol. The van der Waals surface area contributed by atoms with Crippen LogP contribution in [0.1, 0.15) is 66.1 Å². The van der Waals surface area contributed by atoms with Gasteiger partial charge in [-0.1, -0.05) is 20.3 Å². The fraction of sp³-hybridized carbons (Fsp3) is 0.667. The highest BCUT2D eigenvalue weighted by atomic mass is 32.1. The van der Waals surface area contributed by atoms with Crippen LogP contribution in [0, 0.1) is 5.92 Å². The Labute approximate surface area is 108 Å². The molecule has 2 heteroatoms. The summed E-state index contributed by atoms with van der Waals surface area (Å²) in [6.45, 7) is 4.23. The van der Waals surface area contributed by atoms with E-state index in [1.165, 1.54) is 42.5 Å². The van der Waals surface area contributed by atoms with Crippen molar-refractivity contribution in [3.05, 3.63) is 21.4 Å². The summed E-state index contributed by atoms with van der Waals surface area (Å²) in [5.74, 6) is 0.616. The standard InChI is InChI=1S/C15H22OS/c1-3-11(4-2)15(16)14-10-12-8-6-5-7-9-13(12)17-14/h10-11H,3-9H2,1-2H3. The molecule has 0 atom stereocenters. The van der Waals surface area contributed by atoms with Gasteiger partial charge in [0.15, 0.2) is 5.78 Å². The van der Waals surface area contributed by atoms with Gasteiger partial charge in [-0.05, 0) is 50.2 Å². The minimum absolute atomic E-state index is 0.234. The van der Waals surface area contributed by atoms with Gasteiger partial charge in [-0.25, -0.2) is 0 Å². The van der Waals surface area contributed by atoms with Crippen molar-refractivity contribution in [2.45, 2.75) is 58.8 Å². The Kier molecular flexibility index (Phi) is 4.38. The summed E-state index contributed by atoms with van der Waals surface area (Å²) >= 11 is 1.77. The average molecular weight is 250 g/mol. The number of fused-ring (bicyclic) bond motifs is 1. The molecule has 1 aromatic heterocycles. The van der Waals surface area contributed by atoms with Crippen LogP contribution < -0.4 is 0 Å². The Balaban J connectivity index is 2.19. The molecule has 0 saturated heterocycles. The Morgan fingerprint density at radius 1 is 1.24 bits per heavy atom. The molecular formula is C15H22OS. The highest BCUT2D eigenvalue weighted by Gasteiger charge is 2.21. The molecule has 0 aliphatic heterocycles. The summed E-state index contributed by atoms with van der Waals surface area (Å²) < 4.78 is 0. The van der Waals surface area contributed by atoms with Crippen molar-refractivity contribution in [2.24, 2.45) is 5.92 Å². The molecule has 0 spiro atoms. The van der Waals surface area contributed by atoms with Gasteiger partial charge >= 0.3 is 0 Å². The average Bonchev–Trinajstić information content (AvgIpc) is 2.62. The third-order valence-corrected chi connectivity index (χ3v) is 5.10. The molecule has 1 heterocycles. The van der Waals surface area contributed by atoms with E-state index in [4.69, 9.17) is 0 Å². The van der Waals surface area contributed by atoms with Gasteiger partial charge in [-0.15, -0.1) is 11.3 Å². The van der Waals surface area contributed by atoms with Crippen LogP contribution >= 0.6 is 11.3 Å². The molecule has 1 aliphatic rings. The number of hydrogen-bond acceptors (Lipinski definition) is 2. The highest BCUT2D eigenvalue weighted by Crippen LogP contribution is 2.31. The maximum atomic E-state index is 12.3. The van der Waals surface area contributed by atoms with Gasteiger partial charge in [0.2, 0.25) is 0 Å². The number of thiophene rings is 1. The summed E-state index contributed by atoms with van der Waals surface area (Å²) in [5, 5.41) is 0. The Hall–Kier alpha value is -0.630. The number of carbonyl (C=O) groups is 1. The predicted octanol–water partition coefficient (Wildman–Crippen LogP) is 4.64. The SMILES string of the molecule is CCC(CC)C(=O)c1cc2c(s1)CCCCC2. The maximum absolute atomic E-state index is 12.3. The molecular weight excluding hydrogens is 228 g/mol. The number of Topliss-reactive ketones (excluding diaryl/α,β-unsaturated/α-hetero) is 1. The van der Waals surface area contributed by atoms with Crippen molar-refractivity contribution < 1.29 is 4.79 Å². The fourth-order valence-corrected chi connectivity index (χ4v) is 3.92. The Morgan fingerprint density at radius 3 is 2.65 bits per heavy atom. The van der Waals surface area contributed by atoms with Gasteiger partial charge in [0.25, 0.3) is 0 Å². The van der Waals surface area contributed by atoms with Crippen LogP contribution in [0.2, 0.25) is 0 Å². The van der Waals surface area contributed by atoms with Gasteiger partial charge in [0.05, 0.1) is 4.88 Å². The summed E-state index contributed by atoms with van der Waals surface area (Å²) in [7, 11) is 0. The lowest BCUT2D eigenvalue weighted by Gasteiger charge is -2.08. The second-order valence-corrected chi connectivity index (χ2v) is 6.13. The van der Waals surface area contributed by atoms with Crippen LogP contribution in [0.4, 0.5) is 0 Å². The molecule has 0 amide bonds. The van der Waals surface area contributed by atoms with Crippen molar-refractivity contribution in [3.8, 4) is 0 Å². The van der Waals surface area contributed by atoms with Gasteiger partial charge < -0.3 is 0 Å². The van der Waals surface area contributed by atoms with Crippen LogP contribution in [-0.4, -0.2) is 5.78 Å². The zero-order valence-electron chi connectivity index (χ0n) is 10.9. The van der Waals surface area contributed by atoms with Crippen LogP contribution in [0.3, 0.4) is 0 Å². The minimum atomic E-state index is 0.234. The lowest BCUT2D eigenvalue weighted by molar-refractivity contribution is 0.0917. The Bertz CT molecular complexity index is 364. The van der Waals surface area contributed by atoms with Crippen molar-refractivity contribution in [3.63, 3.8) is 0 Å². The van der Waals surface area contributed by atoms with Gasteiger partial charge in [-0.3, -0.25) is 4.79 Å². The number of ketones is 1. The fourth-order valence-electron chi connectivity index (χ4n) is 2.65. The lowest BCUT2D eigenvalue weighted by Crippen LogP contribution is -2.11. The molecule has 0 bridgehead atoms. The molecule has 1 aromatic rings. The first-order valence-corrected chi connectivity index (χ1v) is 7.73. The zero-order chi connectivity index (χ0) is 12.3. The number of aryl methyl sites for hydroxylation is 2. The summed E-state index contributed by atoms with van der Waals surface area (Å²) in [5.41, 5.74) is 1.46. The third kappa shape index (κ3) is 2.79. The van der Waals surface area contributed by atoms with E-state index < -0.39 is 0 Å². The van der Waals surface area contributed by atoms with E-state index in [-0.39, 0.29) is 5.92 Å². The molecule has 0 fully saturated rings. The molecule has 1 nitrogen and oxygen atoms in total. The molecule has 94 valence electrons. The summed E-state index contributed by atoms with van der Waals surface area (Å²) in [4.78, 5) is 14.8. The normalized spacial score (nSPS) is 15.7. The van der Waals surface area contributed by atoms with Crippen molar-refractivity contribution in [1.82, 2.24) is 0 Å². The number of hydrogen-bond donors (Lipinski definition) is 0. The second-order valence-electron chi connectivity index (χ2n) is 5.00. The van der Waals surface area contributed by atoms with Gasteiger partial charge in [0, 0.05) is 10.8 Å². The molecule has 0 aromatic carbocycles. The van der Waals surface area contributed by atoms with Gasteiger partial charge in [-0.2, -0.15) is 0 Å². The first kappa shape index (κ1) is 12.8. The molecule has 0 N–H and O–H groups in total. The van der Waals surface area contributed by atoms with Crippen molar-refractivity contribution in [1.29, 1.82) is 0 Å². The quantitative estimate of drug-likeness (QED) is 0.562. The highest BCUT2D eigenvalue weighted by molar-refractivity contribution is 7.14. The Morgan fingerprint density at radius 2 is 1.94 bits per heavy atom. The van der Waals surface area contributed by atoms with Crippen LogP contribution in [0.15, 0.2) is 6.07 Å². The third-order valence-electron chi connectivity index (χ3n) is 3.85. The van der Waals surface area contributed by atoms with Crippen molar-refractivity contribution in [2.75, 3.05) is 0 Å². The van der Waals surface area contributed by atoms with Crippen LogP contribution in [0.25, 0.3) is 0 Å². The van der Waals surface area contributed by atoms with Gasteiger partial charge in [0.1, 0.15) is 0 Å². The zero-order valence-corrected chi connectivity index (χ0v) is 11.7.